The zero-order valence-corrected chi connectivity index (χ0v) is 10.9. The molecule has 0 bridgehead atoms. The van der Waals surface area contributed by atoms with E-state index >= 15 is 0 Å². The van der Waals surface area contributed by atoms with Crippen LogP contribution in [0.4, 0.5) is 5.69 Å². The van der Waals surface area contributed by atoms with Crippen LogP contribution in [0.2, 0.25) is 0 Å². The third-order valence-electron chi connectivity index (χ3n) is 3.54. The first-order valence-electron chi connectivity index (χ1n) is 6.40. The monoisotopic (exact) mass is 284 g/mol. The van der Waals surface area contributed by atoms with Gasteiger partial charge in [0.2, 0.25) is 5.56 Å². The molecule has 1 atom stereocenters. The minimum Gasteiger partial charge on any atom is -0.481 e. The molecule has 0 saturated heterocycles. The Hall–Kier alpha value is -2.89. The average molecular weight is 284 g/mol. The number of rotatable bonds is 2. The zero-order valence-electron chi connectivity index (χ0n) is 10.9. The van der Waals surface area contributed by atoms with E-state index in [4.69, 9.17) is 0 Å². The summed E-state index contributed by atoms with van der Waals surface area (Å²) < 4.78 is 0. The molecule has 6 heteroatoms. The number of carboxylic acids is 1. The topological polar surface area (TPSA) is 90.5 Å². The van der Waals surface area contributed by atoms with Crippen LogP contribution in [0.3, 0.4) is 0 Å². The first kappa shape index (κ1) is 13.1. The van der Waals surface area contributed by atoms with Crippen LogP contribution in [-0.4, -0.2) is 28.5 Å². The standard InChI is InChI=1S/C15H12N2O4/c18-13-6-5-9(7-16-13)14(19)17-8-11(15(20)21)10-3-1-2-4-12(10)17/h1-7,11H,8H2,(H,16,18)(H,20,21). The zero-order chi connectivity index (χ0) is 15.0. The number of amides is 1. The highest BCUT2D eigenvalue weighted by molar-refractivity contribution is 6.08. The quantitative estimate of drug-likeness (QED) is 0.867. The summed E-state index contributed by atoms with van der Waals surface area (Å²) in [6.45, 7) is 0.0899. The smallest absolute Gasteiger partial charge is 0.312 e. The van der Waals surface area contributed by atoms with Crippen LogP contribution in [-0.2, 0) is 4.79 Å². The van der Waals surface area contributed by atoms with Crippen molar-refractivity contribution in [1.82, 2.24) is 4.98 Å². The van der Waals surface area contributed by atoms with Crippen LogP contribution in [0.25, 0.3) is 0 Å². The number of anilines is 1. The van der Waals surface area contributed by atoms with Crippen LogP contribution in [0, 0.1) is 0 Å². The maximum Gasteiger partial charge on any atom is 0.312 e. The molecular weight excluding hydrogens is 272 g/mol. The molecule has 2 heterocycles. The molecule has 0 aliphatic carbocycles. The number of H-pyrrole nitrogens is 1. The molecule has 3 rings (SSSR count). The molecule has 0 radical (unpaired) electrons. The maximum atomic E-state index is 12.5. The van der Waals surface area contributed by atoms with Crippen molar-refractivity contribution in [3.8, 4) is 0 Å². The molecule has 6 nitrogen and oxygen atoms in total. The normalized spacial score (nSPS) is 16.6. The molecule has 0 fully saturated rings. The minimum atomic E-state index is -0.959. The number of hydrogen-bond donors (Lipinski definition) is 2. The van der Waals surface area contributed by atoms with Gasteiger partial charge in [0, 0.05) is 24.5 Å². The Morgan fingerprint density at radius 1 is 1.19 bits per heavy atom. The highest BCUT2D eigenvalue weighted by atomic mass is 16.4. The number of fused-ring (bicyclic) bond motifs is 1. The van der Waals surface area contributed by atoms with Crippen molar-refractivity contribution in [2.24, 2.45) is 0 Å². The molecule has 1 aromatic heterocycles. The fourth-order valence-corrected chi connectivity index (χ4v) is 2.51. The van der Waals surface area contributed by atoms with Gasteiger partial charge >= 0.3 is 5.97 Å². The number of nitrogens with one attached hydrogen (secondary N) is 1. The highest BCUT2D eigenvalue weighted by Gasteiger charge is 2.36. The number of nitrogens with zero attached hydrogens (tertiary/aromatic N) is 1. The summed E-state index contributed by atoms with van der Waals surface area (Å²) in [5.41, 5.74) is 1.25. The van der Waals surface area contributed by atoms with E-state index in [0.717, 1.165) is 0 Å². The van der Waals surface area contributed by atoms with E-state index in [2.05, 4.69) is 4.98 Å². The minimum absolute atomic E-state index is 0.0899. The van der Waals surface area contributed by atoms with E-state index < -0.39 is 11.9 Å². The lowest BCUT2D eigenvalue weighted by Gasteiger charge is -2.17. The number of aromatic nitrogens is 1. The number of carbonyl (C=O) groups is 2. The molecule has 1 aliphatic rings. The second-order valence-electron chi connectivity index (χ2n) is 4.81. The Morgan fingerprint density at radius 2 is 1.95 bits per heavy atom. The summed E-state index contributed by atoms with van der Waals surface area (Å²) in [6.07, 6.45) is 1.33. The first-order valence-corrected chi connectivity index (χ1v) is 6.40. The van der Waals surface area contributed by atoms with Crippen molar-refractivity contribution in [1.29, 1.82) is 0 Å². The number of carboxylic acid groups (broad SMARTS) is 1. The third-order valence-corrected chi connectivity index (χ3v) is 3.54. The summed E-state index contributed by atoms with van der Waals surface area (Å²) in [5.74, 6) is -2.02. The maximum absolute atomic E-state index is 12.5. The van der Waals surface area contributed by atoms with Gasteiger partial charge in [-0.2, -0.15) is 0 Å². The van der Waals surface area contributed by atoms with Gasteiger partial charge in [0.25, 0.3) is 5.91 Å². The SMILES string of the molecule is O=C(O)C1CN(C(=O)c2ccc(=O)[nH]c2)c2ccccc21. The lowest BCUT2D eigenvalue weighted by Crippen LogP contribution is -2.31. The van der Waals surface area contributed by atoms with Crippen LogP contribution >= 0.6 is 0 Å². The van der Waals surface area contributed by atoms with Gasteiger partial charge in [0.1, 0.15) is 5.92 Å². The van der Waals surface area contributed by atoms with Gasteiger partial charge in [0.15, 0.2) is 0 Å². The van der Waals surface area contributed by atoms with Crippen molar-refractivity contribution in [3.05, 3.63) is 64.1 Å². The van der Waals surface area contributed by atoms with Crippen molar-refractivity contribution in [2.75, 3.05) is 11.4 Å². The van der Waals surface area contributed by atoms with Crippen molar-refractivity contribution >= 4 is 17.6 Å². The molecule has 106 valence electrons. The fourth-order valence-electron chi connectivity index (χ4n) is 2.51. The van der Waals surface area contributed by atoms with Crippen molar-refractivity contribution in [2.45, 2.75) is 5.92 Å². The van der Waals surface area contributed by atoms with E-state index in [9.17, 15) is 19.5 Å². The molecular formula is C15H12N2O4. The Balaban J connectivity index is 2.00. The van der Waals surface area contributed by atoms with E-state index in [-0.39, 0.29) is 18.0 Å². The Bertz CT molecular complexity index is 761. The molecule has 1 aliphatic heterocycles. The predicted molar refractivity (Wildman–Crippen MR) is 75.6 cm³/mol. The molecule has 1 unspecified atom stereocenters. The summed E-state index contributed by atoms with van der Waals surface area (Å²) >= 11 is 0. The van der Waals surface area contributed by atoms with E-state index in [1.54, 1.807) is 24.3 Å². The number of carbonyl (C=O) groups excluding carboxylic acids is 1. The largest absolute Gasteiger partial charge is 0.481 e. The highest BCUT2D eigenvalue weighted by Crippen LogP contribution is 2.36. The number of hydrogen-bond acceptors (Lipinski definition) is 3. The Kier molecular flexibility index (Phi) is 3.06. The summed E-state index contributed by atoms with van der Waals surface area (Å²) in [4.78, 5) is 38.8. The van der Waals surface area contributed by atoms with Gasteiger partial charge in [-0.05, 0) is 17.7 Å². The van der Waals surface area contributed by atoms with Gasteiger partial charge in [-0.3, -0.25) is 14.4 Å². The van der Waals surface area contributed by atoms with Gasteiger partial charge in [-0.25, -0.2) is 0 Å². The van der Waals surface area contributed by atoms with Crippen molar-refractivity contribution < 1.29 is 14.7 Å². The molecule has 0 saturated carbocycles. The van der Waals surface area contributed by atoms with Gasteiger partial charge in [-0.15, -0.1) is 0 Å². The molecule has 21 heavy (non-hydrogen) atoms. The lowest BCUT2D eigenvalue weighted by atomic mass is 10.0. The van der Waals surface area contributed by atoms with Crippen LogP contribution in [0.1, 0.15) is 21.8 Å². The molecule has 1 amide bonds. The van der Waals surface area contributed by atoms with Crippen LogP contribution in [0.15, 0.2) is 47.4 Å². The van der Waals surface area contributed by atoms with Crippen molar-refractivity contribution in [3.63, 3.8) is 0 Å². The second kappa shape index (κ2) is 4.90. The second-order valence-corrected chi connectivity index (χ2v) is 4.81. The van der Waals surface area contributed by atoms with Crippen LogP contribution in [0.5, 0.6) is 0 Å². The molecule has 1 aromatic carbocycles. The first-order chi connectivity index (χ1) is 10.1. The Labute approximate surface area is 119 Å². The van der Waals surface area contributed by atoms with Crippen LogP contribution < -0.4 is 10.5 Å². The number of para-hydroxylation sites is 1. The van der Waals surface area contributed by atoms with E-state index in [1.807, 2.05) is 0 Å². The number of aliphatic carboxylic acids is 1. The fraction of sp³-hybridized carbons (Fsp3) is 0.133. The lowest BCUT2D eigenvalue weighted by molar-refractivity contribution is -0.138. The van der Waals surface area contributed by atoms with Gasteiger partial charge in [-0.1, -0.05) is 18.2 Å². The summed E-state index contributed by atoms with van der Waals surface area (Å²) in [7, 11) is 0. The summed E-state index contributed by atoms with van der Waals surface area (Å²) in [6, 6.07) is 9.65. The van der Waals surface area contributed by atoms with E-state index in [1.165, 1.54) is 23.2 Å². The molecule has 2 aromatic rings. The van der Waals surface area contributed by atoms with Gasteiger partial charge in [0.05, 0.1) is 5.56 Å². The molecule has 0 spiro atoms. The predicted octanol–water partition coefficient (Wildman–Crippen LogP) is 1.20. The number of aromatic amines is 1. The summed E-state index contributed by atoms with van der Waals surface area (Å²) in [5, 5.41) is 9.28. The number of pyridine rings is 1. The third kappa shape index (κ3) is 2.20. The average Bonchev–Trinajstić information content (AvgIpc) is 2.87. The Morgan fingerprint density at radius 3 is 2.62 bits per heavy atom. The van der Waals surface area contributed by atoms with Gasteiger partial charge < -0.3 is 15.0 Å². The number of benzene rings is 1. The van der Waals surface area contributed by atoms with E-state index in [0.29, 0.717) is 16.8 Å². The molecule has 2 N–H and O–H groups in total.